The molecule has 3 rings (SSSR count). The van der Waals surface area contributed by atoms with E-state index in [0.29, 0.717) is 0 Å². The Hall–Kier alpha value is -2.81. The van der Waals surface area contributed by atoms with Crippen molar-refractivity contribution in [3.05, 3.63) is 42.2 Å². The summed E-state index contributed by atoms with van der Waals surface area (Å²) in [6.45, 7) is 2.87. The third-order valence-electron chi connectivity index (χ3n) is 5.34. The zero-order valence-electron chi connectivity index (χ0n) is 16.5. The molecule has 150 valence electrons. The predicted molar refractivity (Wildman–Crippen MR) is 103 cm³/mol. The van der Waals surface area contributed by atoms with Crippen LogP contribution in [0.5, 0.6) is 0 Å². The molecule has 1 unspecified atom stereocenters. The number of hydrogen-bond donors (Lipinski definition) is 1. The van der Waals surface area contributed by atoms with Gasteiger partial charge in [-0.1, -0.05) is 37.3 Å². The van der Waals surface area contributed by atoms with Gasteiger partial charge in [-0.3, -0.25) is 14.5 Å². The topological polar surface area (TPSA) is 96.2 Å². The summed E-state index contributed by atoms with van der Waals surface area (Å²) >= 11 is 0. The van der Waals surface area contributed by atoms with Gasteiger partial charge in [0.05, 0.1) is 0 Å². The lowest BCUT2D eigenvalue weighted by Crippen LogP contribution is -2.56. The first-order valence-electron chi connectivity index (χ1n) is 9.51. The highest BCUT2D eigenvalue weighted by molar-refractivity contribution is 5.83. The Bertz CT molecular complexity index is 775. The number of carbonyl (C=O) groups excluding carboxylic acids is 2. The van der Waals surface area contributed by atoms with Crippen LogP contribution in [-0.2, 0) is 16.1 Å². The highest BCUT2D eigenvalue weighted by Crippen LogP contribution is 2.29. The molecule has 1 aromatic heterocycles. The highest BCUT2D eigenvalue weighted by atomic mass is 16.2. The van der Waals surface area contributed by atoms with Crippen LogP contribution < -0.4 is 5.32 Å². The second-order valence-corrected chi connectivity index (χ2v) is 7.19. The first-order chi connectivity index (χ1) is 13.5. The molecule has 0 saturated heterocycles. The van der Waals surface area contributed by atoms with E-state index in [9.17, 15) is 9.59 Å². The van der Waals surface area contributed by atoms with E-state index in [1.54, 1.807) is 0 Å². The average molecular weight is 385 g/mol. The summed E-state index contributed by atoms with van der Waals surface area (Å²) in [5, 5.41) is 14.0. The Balaban J connectivity index is 1.54. The van der Waals surface area contributed by atoms with Gasteiger partial charge in [-0.2, -0.15) is 4.80 Å². The zero-order valence-corrected chi connectivity index (χ0v) is 16.5. The van der Waals surface area contributed by atoms with Gasteiger partial charge < -0.3 is 10.2 Å². The van der Waals surface area contributed by atoms with Gasteiger partial charge in [-0.15, -0.1) is 10.2 Å². The summed E-state index contributed by atoms with van der Waals surface area (Å²) in [7, 11) is 3.81. The van der Waals surface area contributed by atoms with Gasteiger partial charge in [0.1, 0.15) is 12.6 Å². The number of benzene rings is 1. The van der Waals surface area contributed by atoms with E-state index in [-0.39, 0.29) is 36.5 Å². The van der Waals surface area contributed by atoms with E-state index in [1.165, 1.54) is 11.1 Å². The minimum Gasteiger partial charge on any atom is -0.352 e. The summed E-state index contributed by atoms with van der Waals surface area (Å²) in [5.74, 6) is -0.0690. The highest BCUT2D eigenvalue weighted by Gasteiger charge is 2.38. The molecular weight excluding hydrogens is 358 g/mol. The van der Waals surface area contributed by atoms with Gasteiger partial charge in [-0.05, 0) is 37.2 Å². The fourth-order valence-electron chi connectivity index (χ4n) is 3.46. The Kier molecular flexibility index (Phi) is 6.35. The van der Waals surface area contributed by atoms with Gasteiger partial charge >= 0.3 is 0 Å². The van der Waals surface area contributed by atoms with Crippen molar-refractivity contribution in [1.82, 2.24) is 35.3 Å². The largest absolute Gasteiger partial charge is 0.352 e. The number of nitrogens with one attached hydrogen (secondary N) is 1. The molecule has 0 radical (unpaired) electrons. The second-order valence-electron chi connectivity index (χ2n) is 7.19. The van der Waals surface area contributed by atoms with E-state index in [1.807, 2.05) is 56.3 Å². The molecule has 28 heavy (non-hydrogen) atoms. The molecule has 1 aromatic carbocycles. The summed E-state index contributed by atoms with van der Waals surface area (Å²) in [6, 6.07) is 9.73. The summed E-state index contributed by atoms with van der Waals surface area (Å²) in [4.78, 5) is 30.3. The van der Waals surface area contributed by atoms with E-state index in [0.717, 1.165) is 24.9 Å². The van der Waals surface area contributed by atoms with E-state index < -0.39 is 0 Å². The molecule has 1 heterocycles. The lowest BCUT2D eigenvalue weighted by molar-refractivity contribution is -0.139. The summed E-state index contributed by atoms with van der Waals surface area (Å²) < 4.78 is 0. The van der Waals surface area contributed by atoms with Crippen LogP contribution in [0.4, 0.5) is 0 Å². The third-order valence-corrected chi connectivity index (χ3v) is 5.34. The second kappa shape index (κ2) is 8.92. The number of amides is 2. The first kappa shape index (κ1) is 19.9. The molecule has 2 aromatic rings. The standard InChI is InChI=1S/C19H27N7O2/c1-4-24(2)18(14-8-6-5-7-9-14)19(28)25(3)16-10-15(11-16)22-17(27)12-26-21-13-20-23-26/h5-9,13,15-16,18H,4,10-12H2,1-3H3,(H,22,27). The number of likely N-dealkylation sites (N-methyl/N-ethyl adjacent to an activating group) is 2. The van der Waals surface area contributed by atoms with Crippen molar-refractivity contribution in [3.8, 4) is 0 Å². The monoisotopic (exact) mass is 385 g/mol. The van der Waals surface area contributed by atoms with Crippen LogP contribution >= 0.6 is 0 Å². The lowest BCUT2D eigenvalue weighted by Gasteiger charge is -2.43. The van der Waals surface area contributed by atoms with Crippen LogP contribution in [-0.4, -0.2) is 74.5 Å². The third kappa shape index (κ3) is 4.53. The van der Waals surface area contributed by atoms with E-state index in [4.69, 9.17) is 0 Å². The first-order valence-corrected chi connectivity index (χ1v) is 9.51. The molecule has 9 heteroatoms. The van der Waals surface area contributed by atoms with Crippen LogP contribution in [0.2, 0.25) is 0 Å². The normalized spacial score (nSPS) is 19.7. The van der Waals surface area contributed by atoms with Crippen molar-refractivity contribution >= 4 is 11.8 Å². The fraction of sp³-hybridized carbons (Fsp3) is 0.526. The van der Waals surface area contributed by atoms with Gasteiger partial charge in [0.25, 0.3) is 0 Å². The smallest absolute Gasteiger partial charge is 0.244 e. The van der Waals surface area contributed by atoms with Crippen LogP contribution in [0.25, 0.3) is 0 Å². The van der Waals surface area contributed by atoms with Gasteiger partial charge in [0.15, 0.2) is 6.33 Å². The molecule has 1 atom stereocenters. The quantitative estimate of drug-likeness (QED) is 0.710. The number of rotatable bonds is 8. The zero-order chi connectivity index (χ0) is 20.1. The Morgan fingerprint density at radius 1 is 1.25 bits per heavy atom. The van der Waals surface area contributed by atoms with Crippen molar-refractivity contribution < 1.29 is 9.59 Å². The van der Waals surface area contributed by atoms with Gasteiger partial charge in [0.2, 0.25) is 11.8 Å². The number of hydrogen-bond acceptors (Lipinski definition) is 6. The van der Waals surface area contributed by atoms with Gasteiger partial charge in [0, 0.05) is 19.1 Å². The lowest BCUT2D eigenvalue weighted by atomic mass is 9.85. The molecule has 0 spiro atoms. The van der Waals surface area contributed by atoms with Crippen LogP contribution in [0.1, 0.15) is 31.4 Å². The molecule has 1 aliphatic carbocycles. The molecule has 1 saturated carbocycles. The molecule has 1 N–H and O–H groups in total. The molecule has 1 aliphatic rings. The number of nitrogens with zero attached hydrogens (tertiary/aromatic N) is 6. The maximum Gasteiger partial charge on any atom is 0.244 e. The maximum absolute atomic E-state index is 13.2. The predicted octanol–water partition coefficient (Wildman–Crippen LogP) is 0.472. The molecule has 1 fully saturated rings. The Morgan fingerprint density at radius 3 is 2.57 bits per heavy atom. The van der Waals surface area contributed by atoms with Gasteiger partial charge in [-0.25, -0.2) is 0 Å². The Morgan fingerprint density at radius 2 is 1.96 bits per heavy atom. The fourth-order valence-corrected chi connectivity index (χ4v) is 3.46. The van der Waals surface area contributed by atoms with Crippen molar-refractivity contribution in [2.45, 2.75) is 44.4 Å². The van der Waals surface area contributed by atoms with Crippen molar-refractivity contribution in [3.63, 3.8) is 0 Å². The van der Waals surface area contributed by atoms with E-state index in [2.05, 4.69) is 25.6 Å². The van der Waals surface area contributed by atoms with Crippen LogP contribution in [0.3, 0.4) is 0 Å². The molecule has 2 amide bonds. The molecule has 0 bridgehead atoms. The van der Waals surface area contributed by atoms with Crippen LogP contribution in [0, 0.1) is 0 Å². The molecule has 9 nitrogen and oxygen atoms in total. The minimum atomic E-state index is -0.303. The minimum absolute atomic E-state index is 0.0489. The van der Waals surface area contributed by atoms with Crippen molar-refractivity contribution in [2.24, 2.45) is 0 Å². The number of carbonyl (C=O) groups is 2. The van der Waals surface area contributed by atoms with Crippen molar-refractivity contribution in [2.75, 3.05) is 20.6 Å². The number of tetrazole rings is 1. The number of aromatic nitrogens is 4. The maximum atomic E-state index is 13.2. The SMILES string of the molecule is CCN(C)C(C(=O)N(C)C1CC(NC(=O)Cn2ncnn2)C1)c1ccccc1. The molecule has 0 aliphatic heterocycles. The summed E-state index contributed by atoms with van der Waals surface area (Å²) in [6.07, 6.45) is 2.79. The van der Waals surface area contributed by atoms with E-state index >= 15 is 0 Å². The average Bonchev–Trinajstić information content (AvgIpc) is 3.17. The van der Waals surface area contributed by atoms with Crippen molar-refractivity contribution in [1.29, 1.82) is 0 Å². The molecular formula is C19H27N7O2. The van der Waals surface area contributed by atoms with Crippen LogP contribution in [0.15, 0.2) is 36.7 Å². The Labute approximate surface area is 164 Å². The summed E-state index contributed by atoms with van der Waals surface area (Å²) in [5.41, 5.74) is 0.994.